The van der Waals surface area contributed by atoms with Crippen molar-refractivity contribution in [2.45, 2.75) is 6.54 Å². The van der Waals surface area contributed by atoms with Crippen LogP contribution in [0.4, 0.5) is 10.8 Å². The maximum atomic E-state index is 11.9. The van der Waals surface area contributed by atoms with Gasteiger partial charge in [0.1, 0.15) is 10.6 Å². The Morgan fingerprint density at radius 3 is 2.85 bits per heavy atom. The van der Waals surface area contributed by atoms with Gasteiger partial charge in [0.2, 0.25) is 5.13 Å². The number of carbonyl (C=O) groups excluding carboxylic acids is 1. The summed E-state index contributed by atoms with van der Waals surface area (Å²) in [6, 6.07) is 3.83. The molecule has 2 aromatic rings. The molecule has 0 radical (unpaired) electrons. The number of carbonyl (C=O) groups is 1. The maximum absolute atomic E-state index is 11.9. The Balaban J connectivity index is 2.15. The van der Waals surface area contributed by atoms with Crippen LogP contribution in [0.3, 0.4) is 0 Å². The van der Waals surface area contributed by atoms with Gasteiger partial charge in [-0.1, -0.05) is 22.9 Å². The van der Waals surface area contributed by atoms with Crippen LogP contribution >= 0.6 is 22.9 Å². The minimum atomic E-state index is -0.663. The van der Waals surface area contributed by atoms with Crippen LogP contribution in [0.1, 0.15) is 15.4 Å². The molecule has 1 aromatic carbocycles. The van der Waals surface area contributed by atoms with Gasteiger partial charge in [0, 0.05) is 11.1 Å². The Labute approximate surface area is 121 Å². The molecule has 0 aliphatic carbocycles. The molecule has 104 valence electrons. The number of halogens is 1. The zero-order valence-corrected chi connectivity index (χ0v) is 11.4. The molecule has 0 atom stereocenters. The molecule has 0 spiro atoms. The fourth-order valence-electron chi connectivity index (χ4n) is 1.44. The zero-order chi connectivity index (χ0) is 14.7. The van der Waals surface area contributed by atoms with Gasteiger partial charge in [-0.05, 0) is 12.1 Å². The second kappa shape index (κ2) is 5.80. The number of amides is 1. The first-order valence-electron chi connectivity index (χ1n) is 5.27. The van der Waals surface area contributed by atoms with Gasteiger partial charge in [-0.25, -0.2) is 0 Å². The number of nitrogen functional groups attached to an aromatic ring is 1. The fraction of sp³-hybridized carbons (Fsp3) is 0.100. The van der Waals surface area contributed by atoms with Gasteiger partial charge in [-0.3, -0.25) is 14.9 Å². The number of anilines is 1. The second-order valence-corrected chi connectivity index (χ2v) is 5.17. The predicted molar refractivity (Wildman–Crippen MR) is 73.6 cm³/mol. The van der Waals surface area contributed by atoms with Crippen LogP contribution in [0.2, 0.25) is 5.02 Å². The molecule has 0 aliphatic rings. The van der Waals surface area contributed by atoms with Gasteiger partial charge in [-0.2, -0.15) is 0 Å². The summed E-state index contributed by atoms with van der Waals surface area (Å²) < 4.78 is 0. The van der Waals surface area contributed by atoms with Crippen molar-refractivity contribution in [2.24, 2.45) is 0 Å². The lowest BCUT2D eigenvalue weighted by Gasteiger charge is -2.04. The highest BCUT2D eigenvalue weighted by molar-refractivity contribution is 7.15. The number of nitro benzene ring substituents is 1. The van der Waals surface area contributed by atoms with E-state index < -0.39 is 10.8 Å². The molecule has 0 saturated carbocycles. The monoisotopic (exact) mass is 313 g/mol. The second-order valence-electron chi connectivity index (χ2n) is 3.64. The molecule has 0 bridgehead atoms. The van der Waals surface area contributed by atoms with E-state index in [1.807, 2.05) is 0 Å². The Kier molecular flexibility index (Phi) is 4.11. The van der Waals surface area contributed by atoms with Crippen LogP contribution < -0.4 is 11.1 Å². The fourth-order valence-corrected chi connectivity index (χ4v) is 2.15. The standard InChI is InChI=1S/C10H8ClN5O3S/c11-5-1-2-6(7(3-5)16(18)19)9(17)13-4-8-14-15-10(12)20-8/h1-3H,4H2,(H2,12,15)(H,13,17). The van der Waals surface area contributed by atoms with Gasteiger partial charge in [0.05, 0.1) is 11.5 Å². The first kappa shape index (κ1) is 14.2. The highest BCUT2D eigenvalue weighted by Gasteiger charge is 2.20. The smallest absolute Gasteiger partial charge is 0.283 e. The molecule has 0 fully saturated rings. The molecule has 0 aliphatic heterocycles. The number of nitro groups is 1. The normalized spacial score (nSPS) is 10.2. The number of aromatic nitrogens is 2. The van der Waals surface area contributed by atoms with Crippen LogP contribution in [0.15, 0.2) is 18.2 Å². The first-order chi connectivity index (χ1) is 9.47. The van der Waals surface area contributed by atoms with Crippen molar-refractivity contribution in [1.29, 1.82) is 0 Å². The zero-order valence-electron chi connectivity index (χ0n) is 9.87. The van der Waals surface area contributed by atoms with Crippen LogP contribution in [-0.2, 0) is 6.54 Å². The Hall–Kier alpha value is -2.26. The molecule has 3 N–H and O–H groups in total. The molecule has 10 heteroatoms. The summed E-state index contributed by atoms with van der Waals surface area (Å²) in [6.45, 7) is 0.0908. The van der Waals surface area contributed by atoms with Crippen LogP contribution in [0.5, 0.6) is 0 Å². The highest BCUT2D eigenvalue weighted by Crippen LogP contribution is 2.23. The van der Waals surface area contributed by atoms with Crippen LogP contribution in [0.25, 0.3) is 0 Å². The van der Waals surface area contributed by atoms with Crippen molar-refractivity contribution in [3.05, 3.63) is 43.9 Å². The van der Waals surface area contributed by atoms with Gasteiger partial charge in [0.25, 0.3) is 11.6 Å². The van der Waals surface area contributed by atoms with Crippen molar-refractivity contribution in [3.63, 3.8) is 0 Å². The summed E-state index contributed by atoms with van der Waals surface area (Å²) in [6.07, 6.45) is 0. The topological polar surface area (TPSA) is 124 Å². The van der Waals surface area contributed by atoms with Gasteiger partial charge in [0.15, 0.2) is 0 Å². The third kappa shape index (κ3) is 3.19. The summed E-state index contributed by atoms with van der Waals surface area (Å²) in [7, 11) is 0. The summed E-state index contributed by atoms with van der Waals surface area (Å²) in [5.41, 5.74) is 4.98. The lowest BCUT2D eigenvalue weighted by molar-refractivity contribution is -0.385. The average Bonchev–Trinajstić information content (AvgIpc) is 2.81. The number of nitrogens with two attached hydrogens (primary N) is 1. The number of benzene rings is 1. The van der Waals surface area contributed by atoms with E-state index in [0.29, 0.717) is 5.01 Å². The quantitative estimate of drug-likeness (QED) is 0.652. The van der Waals surface area contributed by atoms with E-state index in [9.17, 15) is 14.9 Å². The van der Waals surface area contributed by atoms with E-state index in [4.69, 9.17) is 17.3 Å². The number of hydrogen-bond acceptors (Lipinski definition) is 7. The first-order valence-corrected chi connectivity index (χ1v) is 6.47. The highest BCUT2D eigenvalue weighted by atomic mass is 35.5. The third-order valence-corrected chi connectivity index (χ3v) is 3.27. The van der Waals surface area contributed by atoms with Gasteiger partial charge < -0.3 is 11.1 Å². The number of rotatable bonds is 4. The Morgan fingerprint density at radius 1 is 1.50 bits per heavy atom. The summed E-state index contributed by atoms with van der Waals surface area (Å²) in [5, 5.41) is 21.7. The summed E-state index contributed by atoms with van der Waals surface area (Å²) in [4.78, 5) is 22.2. The van der Waals surface area contributed by atoms with Crippen LogP contribution in [0, 0.1) is 10.1 Å². The number of nitrogens with one attached hydrogen (secondary N) is 1. The molecular weight excluding hydrogens is 306 g/mol. The van der Waals surface area contributed by atoms with Crippen molar-refractivity contribution >= 4 is 39.7 Å². The molecular formula is C10H8ClN5O3S. The maximum Gasteiger partial charge on any atom is 0.283 e. The summed E-state index contributed by atoms with van der Waals surface area (Å²) in [5.74, 6) is -0.595. The molecule has 20 heavy (non-hydrogen) atoms. The summed E-state index contributed by atoms with van der Waals surface area (Å²) >= 11 is 6.80. The van der Waals surface area contributed by atoms with Crippen molar-refractivity contribution in [3.8, 4) is 0 Å². The Bertz CT molecular complexity index is 675. The van der Waals surface area contributed by atoms with E-state index in [0.717, 1.165) is 17.4 Å². The molecule has 8 nitrogen and oxygen atoms in total. The van der Waals surface area contributed by atoms with E-state index in [2.05, 4.69) is 15.5 Å². The van der Waals surface area contributed by atoms with Crippen molar-refractivity contribution in [2.75, 3.05) is 5.73 Å². The predicted octanol–water partition coefficient (Wildman–Crippen LogP) is 1.61. The molecule has 1 amide bonds. The molecule has 0 saturated heterocycles. The van der Waals surface area contributed by atoms with Gasteiger partial charge in [-0.15, -0.1) is 10.2 Å². The minimum absolute atomic E-state index is 0.0723. The van der Waals surface area contributed by atoms with E-state index in [1.165, 1.54) is 12.1 Å². The van der Waals surface area contributed by atoms with Crippen molar-refractivity contribution < 1.29 is 9.72 Å². The van der Waals surface area contributed by atoms with Crippen molar-refractivity contribution in [1.82, 2.24) is 15.5 Å². The van der Waals surface area contributed by atoms with E-state index in [1.54, 1.807) is 0 Å². The van der Waals surface area contributed by atoms with Gasteiger partial charge >= 0.3 is 0 Å². The largest absolute Gasteiger partial charge is 0.374 e. The SMILES string of the molecule is Nc1nnc(CNC(=O)c2ccc(Cl)cc2[N+](=O)[O-])s1. The molecule has 1 heterocycles. The third-order valence-electron chi connectivity index (χ3n) is 2.28. The average molecular weight is 314 g/mol. The Morgan fingerprint density at radius 2 is 2.25 bits per heavy atom. The lowest BCUT2D eigenvalue weighted by atomic mass is 10.1. The lowest BCUT2D eigenvalue weighted by Crippen LogP contribution is -2.23. The molecule has 2 rings (SSSR count). The minimum Gasteiger partial charge on any atom is -0.374 e. The molecule has 1 aromatic heterocycles. The number of hydrogen-bond donors (Lipinski definition) is 2. The van der Waals surface area contributed by atoms with E-state index in [-0.39, 0.29) is 27.9 Å². The number of nitrogens with zero attached hydrogens (tertiary/aromatic N) is 3. The molecule has 0 unspecified atom stereocenters. The van der Waals surface area contributed by atoms with Crippen LogP contribution in [-0.4, -0.2) is 21.0 Å². The van der Waals surface area contributed by atoms with E-state index >= 15 is 0 Å².